The molecule has 1 aromatic heterocycles. The SMILES string of the molecule is Cc1c(Cl)cccc1N(Cc1ccc(C(=O)N/N=C/c2ccco2)cc1)S(=O)(=O)c1ccccc1. The molecule has 7 nitrogen and oxygen atoms in total. The van der Waals surface area contributed by atoms with Gasteiger partial charge in [0.15, 0.2) is 0 Å². The summed E-state index contributed by atoms with van der Waals surface area (Å²) in [6, 6.07) is 23.5. The Bertz CT molecular complexity index is 1440. The maximum Gasteiger partial charge on any atom is 0.271 e. The highest BCUT2D eigenvalue weighted by Crippen LogP contribution is 2.32. The fourth-order valence-corrected chi connectivity index (χ4v) is 5.10. The first-order valence-electron chi connectivity index (χ1n) is 10.6. The Labute approximate surface area is 208 Å². The lowest BCUT2D eigenvalue weighted by atomic mass is 10.1. The van der Waals surface area contributed by atoms with E-state index in [4.69, 9.17) is 16.0 Å². The first-order valence-corrected chi connectivity index (χ1v) is 12.5. The molecule has 1 heterocycles. The molecule has 0 unspecified atom stereocenters. The Kier molecular flexibility index (Phi) is 7.33. The topological polar surface area (TPSA) is 92.0 Å². The lowest BCUT2D eigenvalue weighted by molar-refractivity contribution is 0.0955. The molecule has 0 saturated heterocycles. The number of carbonyl (C=O) groups is 1. The van der Waals surface area contributed by atoms with Gasteiger partial charge >= 0.3 is 0 Å². The standard InChI is InChI=1S/C26H22ClN3O4S/c1-19-24(27)10-5-11-25(19)30(35(32,33)23-8-3-2-4-9-23)18-20-12-14-21(15-13-20)26(31)29-28-17-22-7-6-16-34-22/h2-17H,18H2,1H3,(H,29,31)/b28-17+. The average molecular weight is 508 g/mol. The molecule has 0 bridgehead atoms. The minimum absolute atomic E-state index is 0.0525. The van der Waals surface area contributed by atoms with Gasteiger partial charge in [0, 0.05) is 10.6 Å². The quantitative estimate of drug-likeness (QED) is 0.255. The van der Waals surface area contributed by atoms with Gasteiger partial charge in [-0.2, -0.15) is 5.10 Å². The van der Waals surface area contributed by atoms with Gasteiger partial charge < -0.3 is 4.42 Å². The third-order valence-corrected chi connectivity index (χ3v) is 7.47. The lowest BCUT2D eigenvalue weighted by Gasteiger charge is -2.26. The maximum absolute atomic E-state index is 13.6. The van der Waals surface area contributed by atoms with Crippen LogP contribution in [-0.2, 0) is 16.6 Å². The molecule has 0 aliphatic rings. The van der Waals surface area contributed by atoms with E-state index < -0.39 is 15.9 Å². The third-order valence-electron chi connectivity index (χ3n) is 5.28. The van der Waals surface area contributed by atoms with Gasteiger partial charge in [-0.3, -0.25) is 9.10 Å². The number of nitrogens with zero attached hydrogens (tertiary/aromatic N) is 2. The molecular formula is C26H22ClN3O4S. The van der Waals surface area contributed by atoms with E-state index in [2.05, 4.69) is 10.5 Å². The number of carbonyl (C=O) groups excluding carboxylic acids is 1. The predicted molar refractivity (Wildman–Crippen MR) is 136 cm³/mol. The van der Waals surface area contributed by atoms with Gasteiger partial charge in [-0.25, -0.2) is 13.8 Å². The van der Waals surface area contributed by atoms with Crippen LogP contribution in [0.5, 0.6) is 0 Å². The molecule has 1 N–H and O–H groups in total. The van der Waals surface area contributed by atoms with E-state index in [-0.39, 0.29) is 11.4 Å². The van der Waals surface area contributed by atoms with Crippen LogP contribution in [0.4, 0.5) is 5.69 Å². The van der Waals surface area contributed by atoms with E-state index in [1.54, 1.807) is 91.9 Å². The zero-order valence-electron chi connectivity index (χ0n) is 18.8. The van der Waals surface area contributed by atoms with Crippen molar-refractivity contribution < 1.29 is 17.6 Å². The highest BCUT2D eigenvalue weighted by molar-refractivity contribution is 7.92. The Balaban J connectivity index is 1.59. The first-order chi connectivity index (χ1) is 16.9. The van der Waals surface area contributed by atoms with Crippen LogP contribution >= 0.6 is 11.6 Å². The summed E-state index contributed by atoms with van der Waals surface area (Å²) in [5.74, 6) is 0.107. The van der Waals surface area contributed by atoms with Crippen molar-refractivity contribution in [3.05, 3.63) is 119 Å². The molecule has 178 valence electrons. The van der Waals surface area contributed by atoms with Crippen LogP contribution < -0.4 is 9.73 Å². The summed E-state index contributed by atoms with van der Waals surface area (Å²) in [6.45, 7) is 1.83. The normalized spacial score (nSPS) is 11.5. The summed E-state index contributed by atoms with van der Waals surface area (Å²) in [5, 5.41) is 4.34. The molecule has 0 aliphatic carbocycles. The second kappa shape index (κ2) is 10.6. The van der Waals surface area contributed by atoms with Crippen molar-refractivity contribution in [2.24, 2.45) is 5.10 Å². The number of hydrogen-bond donors (Lipinski definition) is 1. The van der Waals surface area contributed by atoms with Crippen molar-refractivity contribution in [3.8, 4) is 0 Å². The molecule has 9 heteroatoms. The number of hydrogen-bond acceptors (Lipinski definition) is 5. The van der Waals surface area contributed by atoms with Crippen LogP contribution in [0.3, 0.4) is 0 Å². The van der Waals surface area contributed by atoms with Gasteiger partial charge in [-0.15, -0.1) is 0 Å². The van der Waals surface area contributed by atoms with E-state index in [0.29, 0.717) is 33.2 Å². The summed E-state index contributed by atoms with van der Waals surface area (Å²) in [7, 11) is -3.88. The largest absolute Gasteiger partial charge is 0.463 e. The van der Waals surface area contributed by atoms with Crippen molar-refractivity contribution in [3.63, 3.8) is 0 Å². The number of hydrazone groups is 1. The van der Waals surface area contributed by atoms with E-state index in [1.807, 2.05) is 0 Å². The molecule has 0 atom stereocenters. The number of nitrogens with one attached hydrogen (secondary N) is 1. The minimum atomic E-state index is -3.88. The van der Waals surface area contributed by atoms with Crippen molar-refractivity contribution in [2.45, 2.75) is 18.4 Å². The van der Waals surface area contributed by atoms with Gasteiger partial charge in [0.2, 0.25) is 0 Å². The monoisotopic (exact) mass is 507 g/mol. The zero-order chi connectivity index (χ0) is 24.8. The fraction of sp³-hybridized carbons (Fsp3) is 0.0769. The molecule has 0 spiro atoms. The smallest absolute Gasteiger partial charge is 0.271 e. The van der Waals surface area contributed by atoms with Gasteiger partial charge in [-0.1, -0.05) is 48.0 Å². The number of halogens is 1. The summed E-state index contributed by atoms with van der Waals surface area (Å²) < 4.78 is 33.6. The van der Waals surface area contributed by atoms with E-state index in [9.17, 15) is 13.2 Å². The van der Waals surface area contributed by atoms with Gasteiger partial charge in [0.1, 0.15) is 5.76 Å². The molecule has 0 saturated carbocycles. The molecule has 35 heavy (non-hydrogen) atoms. The van der Waals surface area contributed by atoms with Crippen molar-refractivity contribution in [1.82, 2.24) is 5.43 Å². The Hall–Kier alpha value is -3.88. The molecule has 0 fully saturated rings. The Morgan fingerprint density at radius 1 is 1.00 bits per heavy atom. The van der Waals surface area contributed by atoms with E-state index in [0.717, 1.165) is 0 Å². The molecule has 1 amide bonds. The summed E-state index contributed by atoms with van der Waals surface area (Å²) in [5.41, 5.74) is 4.64. The lowest BCUT2D eigenvalue weighted by Crippen LogP contribution is -2.31. The number of anilines is 1. The van der Waals surface area contributed by atoms with Gasteiger partial charge in [0.05, 0.1) is 29.6 Å². The first kappa shape index (κ1) is 24.3. The number of sulfonamides is 1. The van der Waals surface area contributed by atoms with E-state index in [1.165, 1.54) is 16.8 Å². The van der Waals surface area contributed by atoms with Crippen LogP contribution in [0.25, 0.3) is 0 Å². The maximum atomic E-state index is 13.6. The van der Waals surface area contributed by atoms with Crippen LogP contribution in [0.2, 0.25) is 5.02 Å². The Morgan fingerprint density at radius 3 is 2.43 bits per heavy atom. The zero-order valence-corrected chi connectivity index (χ0v) is 20.3. The third kappa shape index (κ3) is 5.62. The van der Waals surface area contributed by atoms with Crippen molar-refractivity contribution in [1.29, 1.82) is 0 Å². The number of furan rings is 1. The number of amides is 1. The molecule has 3 aromatic carbocycles. The molecule has 4 aromatic rings. The highest BCUT2D eigenvalue weighted by atomic mass is 35.5. The molecule has 0 radical (unpaired) electrons. The minimum Gasteiger partial charge on any atom is -0.463 e. The number of benzene rings is 3. The summed E-state index contributed by atoms with van der Waals surface area (Å²) in [6.07, 6.45) is 2.90. The molecule has 0 aliphatic heterocycles. The number of rotatable bonds is 8. The summed E-state index contributed by atoms with van der Waals surface area (Å²) in [4.78, 5) is 12.5. The predicted octanol–water partition coefficient (Wildman–Crippen LogP) is 5.40. The van der Waals surface area contributed by atoms with Crippen LogP contribution in [0.15, 0.2) is 106 Å². The fourth-order valence-electron chi connectivity index (χ4n) is 3.40. The van der Waals surface area contributed by atoms with E-state index >= 15 is 0 Å². The van der Waals surface area contributed by atoms with Crippen molar-refractivity contribution in [2.75, 3.05) is 4.31 Å². The molecular weight excluding hydrogens is 486 g/mol. The van der Waals surface area contributed by atoms with Crippen LogP contribution in [0, 0.1) is 6.92 Å². The molecule has 4 rings (SSSR count). The highest BCUT2D eigenvalue weighted by Gasteiger charge is 2.27. The van der Waals surface area contributed by atoms with Crippen LogP contribution in [-0.4, -0.2) is 20.5 Å². The second-order valence-electron chi connectivity index (χ2n) is 7.62. The van der Waals surface area contributed by atoms with Crippen molar-refractivity contribution >= 4 is 39.4 Å². The summed E-state index contributed by atoms with van der Waals surface area (Å²) >= 11 is 6.30. The average Bonchev–Trinajstić information content (AvgIpc) is 3.39. The van der Waals surface area contributed by atoms with Crippen LogP contribution in [0.1, 0.15) is 27.2 Å². The van der Waals surface area contributed by atoms with Gasteiger partial charge in [-0.05, 0) is 66.6 Å². The second-order valence-corrected chi connectivity index (χ2v) is 9.89. The Morgan fingerprint density at radius 2 is 1.74 bits per heavy atom. The van der Waals surface area contributed by atoms with Gasteiger partial charge in [0.25, 0.3) is 15.9 Å².